The van der Waals surface area contributed by atoms with Gasteiger partial charge in [-0.25, -0.2) is 0 Å². The lowest BCUT2D eigenvalue weighted by Gasteiger charge is -2.24. The Labute approximate surface area is 442 Å². The third-order valence-electron chi connectivity index (χ3n) is 17.0. The van der Waals surface area contributed by atoms with Gasteiger partial charge in [-0.05, 0) is 178 Å². The largest absolute Gasteiger partial charge is 0.135 e. The lowest BCUT2D eigenvalue weighted by atomic mass is 9.79. The third-order valence-corrected chi connectivity index (χ3v) is 21.9. The smallest absolute Gasteiger partial charge is 0.0393 e. The van der Waals surface area contributed by atoms with Crippen LogP contribution >= 0.6 is 45.3 Å². The van der Waals surface area contributed by atoms with Gasteiger partial charge in [0.25, 0.3) is 0 Å². The maximum atomic E-state index is 2.53. The monoisotopic (exact) mass is 1000 g/mol. The zero-order valence-corrected chi connectivity index (χ0v) is 46.8. The molecule has 6 aromatic carbocycles. The minimum absolute atomic E-state index is 0.00306. The summed E-state index contributed by atoms with van der Waals surface area (Å²) in [5.41, 5.74) is 31.6. The second-order valence-corrected chi connectivity index (χ2v) is 26.6. The van der Waals surface area contributed by atoms with Crippen molar-refractivity contribution in [2.75, 3.05) is 0 Å². The normalized spacial score (nSPS) is 16.6. The summed E-state index contributed by atoms with van der Waals surface area (Å²) >= 11 is 7.89. The minimum atomic E-state index is 0.00306. The van der Waals surface area contributed by atoms with Crippen molar-refractivity contribution in [2.24, 2.45) is 0 Å². The van der Waals surface area contributed by atoms with Crippen molar-refractivity contribution in [3.05, 3.63) is 211 Å². The highest BCUT2D eigenvalue weighted by Crippen LogP contribution is 2.63. The molecule has 0 fully saturated rings. The Bertz CT molecular complexity index is 3600. The van der Waals surface area contributed by atoms with E-state index in [4.69, 9.17) is 0 Å². The molecule has 0 saturated heterocycles. The quantitative estimate of drug-likeness (QED) is 0.165. The number of fused-ring (bicyclic) bond motifs is 12. The van der Waals surface area contributed by atoms with Crippen LogP contribution in [0.25, 0.3) is 83.5 Å². The van der Waals surface area contributed by atoms with Gasteiger partial charge in [0.2, 0.25) is 0 Å². The molecule has 4 aromatic heterocycles. The standard InChI is InChI=1S/2C34H30S2/c1-19-7-11-21(12-8-19)29-17-27-31(35-29)23-15-26-24(16-25(23)33(27,3)4)32-28(34(26,5)6)18-30(36-32)22-13-9-20(2)10-14-22;1-17-7-11-23(12-8-17)27-15-25-19(3)29-22(6)32-30(21(5)31(29)33(25)35-27)20(4)26-16-28(36-34(26)32)24-13-9-18(2)10-14-24/h7-18H,1-6H3;7-16,19-20H,1-6H3. The fourth-order valence-electron chi connectivity index (χ4n) is 12.7. The number of aryl methyl sites for hydroxylation is 4. The molecule has 0 aliphatic heterocycles. The molecule has 0 amide bonds. The minimum Gasteiger partial charge on any atom is -0.135 e. The van der Waals surface area contributed by atoms with E-state index in [1.807, 2.05) is 45.3 Å². The SMILES string of the molecule is Cc1ccc(-c2cc3c(s2)-c2c(C)c4c(c(C)c2C3C)-c2sc(-c3ccc(C)cc3)cc2C4C)cc1.Cc1ccc(-c2cc3c(s2)-c2cc4c(cc2C3(C)C)-c2sc(-c3ccc(C)cc3)cc2C4(C)C)cc1. The molecule has 0 bridgehead atoms. The molecule has 0 spiro atoms. The van der Waals surface area contributed by atoms with Gasteiger partial charge in [0, 0.05) is 61.7 Å². The van der Waals surface area contributed by atoms with Gasteiger partial charge >= 0.3 is 0 Å². The van der Waals surface area contributed by atoms with E-state index >= 15 is 0 Å². The first-order valence-corrected chi connectivity index (χ1v) is 29.0. The Morgan fingerprint density at radius 1 is 0.333 bits per heavy atom. The molecule has 2 atom stereocenters. The molecule has 4 heterocycles. The molecule has 10 aromatic rings. The molecule has 0 saturated carbocycles. The molecule has 0 nitrogen and oxygen atoms in total. The molecule has 72 heavy (non-hydrogen) atoms. The highest BCUT2D eigenvalue weighted by molar-refractivity contribution is 7.20. The van der Waals surface area contributed by atoms with E-state index in [9.17, 15) is 0 Å². The van der Waals surface area contributed by atoms with Gasteiger partial charge in [-0.1, -0.05) is 161 Å². The molecule has 0 radical (unpaired) electrons. The van der Waals surface area contributed by atoms with E-state index in [0.29, 0.717) is 11.8 Å². The van der Waals surface area contributed by atoms with Crippen LogP contribution in [0.3, 0.4) is 0 Å². The lowest BCUT2D eigenvalue weighted by Crippen LogP contribution is -2.16. The molecule has 4 aliphatic carbocycles. The van der Waals surface area contributed by atoms with Crippen molar-refractivity contribution in [3.63, 3.8) is 0 Å². The number of benzene rings is 6. The Morgan fingerprint density at radius 2 is 0.611 bits per heavy atom. The first-order chi connectivity index (χ1) is 34.5. The molecule has 2 unspecified atom stereocenters. The van der Waals surface area contributed by atoms with Crippen molar-refractivity contribution in [2.45, 2.75) is 106 Å². The van der Waals surface area contributed by atoms with Crippen molar-refractivity contribution in [1.82, 2.24) is 0 Å². The maximum absolute atomic E-state index is 2.53. The van der Waals surface area contributed by atoms with Gasteiger partial charge in [-0.3, -0.25) is 0 Å². The van der Waals surface area contributed by atoms with Crippen LogP contribution < -0.4 is 0 Å². The van der Waals surface area contributed by atoms with Crippen molar-refractivity contribution in [1.29, 1.82) is 0 Å². The predicted octanol–water partition coefficient (Wildman–Crippen LogP) is 21.0. The fraction of sp³-hybridized carbons (Fsp3) is 0.235. The average molecular weight is 1010 g/mol. The van der Waals surface area contributed by atoms with E-state index in [1.165, 1.54) is 150 Å². The molecular formula is C68H60S4. The Morgan fingerprint density at radius 3 is 0.917 bits per heavy atom. The van der Waals surface area contributed by atoms with E-state index in [-0.39, 0.29) is 10.8 Å². The number of hydrogen-bond acceptors (Lipinski definition) is 4. The summed E-state index contributed by atoms with van der Waals surface area (Å²) in [4.78, 5) is 11.5. The second kappa shape index (κ2) is 16.3. The lowest BCUT2D eigenvalue weighted by molar-refractivity contribution is 0.653. The number of rotatable bonds is 4. The fourth-order valence-corrected chi connectivity index (χ4v) is 18.2. The second-order valence-electron chi connectivity index (χ2n) is 22.4. The van der Waals surface area contributed by atoms with E-state index < -0.39 is 0 Å². The first kappa shape index (κ1) is 45.9. The van der Waals surface area contributed by atoms with E-state index in [2.05, 4.69) is 217 Å². The van der Waals surface area contributed by atoms with Crippen LogP contribution in [-0.4, -0.2) is 0 Å². The Kier molecular flexibility index (Phi) is 10.4. The molecule has 14 rings (SSSR count). The van der Waals surface area contributed by atoms with Crippen LogP contribution in [0.1, 0.15) is 131 Å². The third kappa shape index (κ3) is 6.78. The highest BCUT2D eigenvalue weighted by atomic mass is 32.1. The summed E-state index contributed by atoms with van der Waals surface area (Å²) in [7, 11) is 0. The van der Waals surface area contributed by atoms with Crippen LogP contribution in [0.4, 0.5) is 0 Å². The van der Waals surface area contributed by atoms with Gasteiger partial charge in [0.15, 0.2) is 0 Å². The van der Waals surface area contributed by atoms with Crippen LogP contribution in [0, 0.1) is 41.5 Å². The summed E-state index contributed by atoms with van der Waals surface area (Å²) < 4.78 is 0. The highest BCUT2D eigenvalue weighted by Gasteiger charge is 2.44. The molecular weight excluding hydrogens is 945 g/mol. The molecule has 356 valence electrons. The first-order valence-electron chi connectivity index (χ1n) is 25.7. The number of thiophene rings is 4. The van der Waals surface area contributed by atoms with Crippen LogP contribution in [0.2, 0.25) is 0 Å². The summed E-state index contributed by atoms with van der Waals surface area (Å²) in [5.74, 6) is 0.871. The maximum Gasteiger partial charge on any atom is 0.0393 e. The topological polar surface area (TPSA) is 0 Å². The Hall–Kier alpha value is -5.88. The van der Waals surface area contributed by atoms with Crippen LogP contribution in [0.5, 0.6) is 0 Å². The van der Waals surface area contributed by atoms with Gasteiger partial charge in [0.05, 0.1) is 0 Å². The summed E-state index contributed by atoms with van der Waals surface area (Å²) in [5, 5.41) is 0. The molecule has 4 aliphatic rings. The van der Waals surface area contributed by atoms with Gasteiger partial charge in [0.1, 0.15) is 0 Å². The Balaban J connectivity index is 0.000000140. The van der Waals surface area contributed by atoms with Crippen LogP contribution in [-0.2, 0) is 10.8 Å². The van der Waals surface area contributed by atoms with Gasteiger partial charge < -0.3 is 0 Å². The van der Waals surface area contributed by atoms with Crippen molar-refractivity contribution >= 4 is 45.3 Å². The summed E-state index contributed by atoms with van der Waals surface area (Å²) in [6, 6.07) is 50.8. The average Bonchev–Trinajstić information content (AvgIpc) is 4.25. The zero-order chi connectivity index (χ0) is 49.9. The van der Waals surface area contributed by atoms with Crippen molar-refractivity contribution < 1.29 is 0 Å². The summed E-state index contributed by atoms with van der Waals surface area (Å²) in [6.45, 7) is 27.9. The molecule has 4 heteroatoms. The van der Waals surface area contributed by atoms with E-state index in [1.54, 1.807) is 11.1 Å². The number of hydrogen-bond donors (Lipinski definition) is 0. The van der Waals surface area contributed by atoms with Crippen molar-refractivity contribution in [3.8, 4) is 83.5 Å². The van der Waals surface area contributed by atoms with E-state index in [0.717, 1.165) is 0 Å². The zero-order valence-electron chi connectivity index (χ0n) is 43.5. The van der Waals surface area contributed by atoms with Gasteiger partial charge in [-0.2, -0.15) is 0 Å². The van der Waals surface area contributed by atoms with Gasteiger partial charge in [-0.15, -0.1) is 45.3 Å². The summed E-state index contributed by atoms with van der Waals surface area (Å²) in [6.07, 6.45) is 0. The molecule has 0 N–H and O–H groups in total. The van der Waals surface area contributed by atoms with Crippen LogP contribution in [0.15, 0.2) is 133 Å². The predicted molar refractivity (Wildman–Crippen MR) is 316 cm³/mol.